The Bertz CT molecular complexity index is 1420. The summed E-state index contributed by atoms with van der Waals surface area (Å²) in [5.41, 5.74) is 15.7. The first-order chi connectivity index (χ1) is 19.5. The number of rotatable bonds is 13. The summed E-state index contributed by atoms with van der Waals surface area (Å²) in [5, 5.41) is 13.4. The van der Waals surface area contributed by atoms with E-state index in [-0.39, 0.29) is 25.5 Å². The average molecular weight is 561 g/mol. The van der Waals surface area contributed by atoms with Crippen molar-refractivity contribution in [1.29, 1.82) is 0 Å². The summed E-state index contributed by atoms with van der Waals surface area (Å²) in [6.07, 6.45) is 1.33. The van der Waals surface area contributed by atoms with Gasteiger partial charge in [-0.2, -0.15) is 0 Å². The zero-order chi connectivity index (χ0) is 28.4. The van der Waals surface area contributed by atoms with Crippen LogP contribution in [0.4, 0.5) is 5.69 Å². The molecule has 1 heterocycles. The van der Waals surface area contributed by atoms with Gasteiger partial charge in [-0.05, 0) is 41.4 Å². The van der Waals surface area contributed by atoms with E-state index in [1.165, 1.54) is 0 Å². The number of carbonyl (C=O) groups excluding carboxylic acids is 1. The summed E-state index contributed by atoms with van der Waals surface area (Å²) in [6, 6.07) is 21.3. The molecule has 11 heteroatoms. The maximum absolute atomic E-state index is 13.9. The Morgan fingerprint density at radius 2 is 1.95 bits per heavy atom. The minimum absolute atomic E-state index is 0.0438. The number of hydrazine groups is 1. The molecule has 206 valence electrons. The van der Waals surface area contributed by atoms with Crippen molar-refractivity contribution < 1.29 is 19.4 Å². The molecule has 0 aliphatic carbocycles. The van der Waals surface area contributed by atoms with Crippen molar-refractivity contribution in [3.8, 4) is 5.75 Å². The zero-order valence-corrected chi connectivity index (χ0v) is 22.4. The lowest BCUT2D eigenvalue weighted by atomic mass is 9.84. The minimum atomic E-state index is -1.47. The van der Waals surface area contributed by atoms with Crippen LogP contribution in [0.1, 0.15) is 35.6 Å². The van der Waals surface area contributed by atoms with Crippen molar-refractivity contribution in [2.24, 2.45) is 10.1 Å². The molecule has 1 aliphatic rings. The SMILES string of the molecule is C=CC[C@]1(C(=O)NNCc2ccccc2Cl)N=C(c2ccc(OCCCO)cc2)O[C@H]1c1ccccc1N=[N+]=[N-]. The molecule has 0 spiro atoms. The van der Waals surface area contributed by atoms with Crippen LogP contribution < -0.4 is 15.6 Å². The van der Waals surface area contributed by atoms with Gasteiger partial charge in [0.1, 0.15) is 5.75 Å². The summed E-state index contributed by atoms with van der Waals surface area (Å²) in [7, 11) is 0. The fourth-order valence-electron chi connectivity index (χ4n) is 4.33. The summed E-state index contributed by atoms with van der Waals surface area (Å²) >= 11 is 6.26. The number of aliphatic hydroxyl groups is 1. The third kappa shape index (κ3) is 6.44. The summed E-state index contributed by atoms with van der Waals surface area (Å²) < 4.78 is 12.0. The standard InChI is InChI=1S/C29H29ClN6O4/c1-2-16-29(28(38)35-32-19-21-8-3-5-10-24(21)30)26(23-9-4-6-11-25(23)34-36-31)40-27(33-29)20-12-14-22(15-13-20)39-18-7-17-37/h2-6,8-15,26,32,37H,1,7,16-19H2,(H,35,38)/t26-,29-/m0/s1. The van der Waals surface area contributed by atoms with Crippen LogP contribution in [0, 0.1) is 0 Å². The molecule has 3 N–H and O–H groups in total. The first kappa shape index (κ1) is 28.7. The summed E-state index contributed by atoms with van der Waals surface area (Å²) in [6.45, 7) is 4.57. The van der Waals surface area contributed by atoms with Gasteiger partial charge in [0.05, 0.1) is 6.61 Å². The fraction of sp³-hybridized carbons (Fsp3) is 0.241. The third-order valence-electron chi connectivity index (χ3n) is 6.30. The van der Waals surface area contributed by atoms with Gasteiger partial charge in [0, 0.05) is 52.7 Å². The van der Waals surface area contributed by atoms with E-state index in [1.54, 1.807) is 60.7 Å². The number of nitrogens with zero attached hydrogens (tertiary/aromatic N) is 4. The molecule has 10 nitrogen and oxygen atoms in total. The van der Waals surface area contributed by atoms with Crippen molar-refractivity contribution in [3.05, 3.63) is 118 Å². The topological polar surface area (TPSA) is 141 Å². The van der Waals surface area contributed by atoms with E-state index in [1.807, 2.05) is 18.2 Å². The molecule has 3 aromatic rings. The Morgan fingerprint density at radius 1 is 1.20 bits per heavy atom. The second-order valence-corrected chi connectivity index (χ2v) is 9.34. The predicted octanol–water partition coefficient (Wildman–Crippen LogP) is 5.70. The van der Waals surface area contributed by atoms with Gasteiger partial charge in [0.15, 0.2) is 11.6 Å². The second kappa shape index (κ2) is 13.6. The Morgan fingerprint density at radius 3 is 2.67 bits per heavy atom. The Balaban J connectivity index is 1.68. The van der Waals surface area contributed by atoms with Crippen LogP contribution in [-0.4, -0.2) is 35.7 Å². The molecule has 0 fully saturated rings. The second-order valence-electron chi connectivity index (χ2n) is 8.93. The van der Waals surface area contributed by atoms with Crippen molar-refractivity contribution in [2.45, 2.75) is 31.0 Å². The average Bonchev–Trinajstić information content (AvgIpc) is 3.35. The molecule has 1 aliphatic heterocycles. The number of hydrogen-bond donors (Lipinski definition) is 3. The molecule has 1 amide bonds. The molecular formula is C29H29ClN6O4. The number of nitrogens with one attached hydrogen (secondary N) is 2. The molecule has 2 atom stereocenters. The van der Waals surface area contributed by atoms with E-state index in [2.05, 4.69) is 27.5 Å². The summed E-state index contributed by atoms with van der Waals surface area (Å²) in [5.74, 6) is 0.407. The Hall–Kier alpha value is -4.34. The predicted molar refractivity (Wildman–Crippen MR) is 153 cm³/mol. The lowest BCUT2D eigenvalue weighted by Gasteiger charge is -2.30. The molecule has 40 heavy (non-hydrogen) atoms. The number of carbonyl (C=O) groups is 1. The third-order valence-corrected chi connectivity index (χ3v) is 6.66. The number of halogens is 1. The number of hydrogen-bond acceptors (Lipinski definition) is 7. The molecule has 0 bridgehead atoms. The Labute approximate surface area is 236 Å². The molecule has 0 radical (unpaired) electrons. The van der Waals surface area contributed by atoms with E-state index in [9.17, 15) is 4.79 Å². The Kier molecular flexibility index (Phi) is 9.77. The van der Waals surface area contributed by atoms with E-state index < -0.39 is 17.6 Å². The van der Waals surface area contributed by atoms with Gasteiger partial charge in [-0.15, -0.1) is 6.58 Å². The maximum atomic E-state index is 13.9. The van der Waals surface area contributed by atoms with Gasteiger partial charge < -0.3 is 14.6 Å². The molecule has 4 rings (SSSR count). The van der Waals surface area contributed by atoms with E-state index in [4.69, 9.17) is 36.7 Å². The van der Waals surface area contributed by atoms with Crippen LogP contribution in [0.25, 0.3) is 10.4 Å². The van der Waals surface area contributed by atoms with Crippen LogP contribution in [0.5, 0.6) is 5.75 Å². The highest BCUT2D eigenvalue weighted by atomic mass is 35.5. The number of aliphatic hydroxyl groups excluding tert-OH is 1. The lowest BCUT2D eigenvalue weighted by molar-refractivity contribution is -0.129. The molecule has 0 saturated carbocycles. The number of aliphatic imine (C=N–C) groups is 1. The number of benzene rings is 3. The maximum Gasteiger partial charge on any atom is 0.266 e. The highest BCUT2D eigenvalue weighted by molar-refractivity contribution is 6.31. The monoisotopic (exact) mass is 560 g/mol. The lowest BCUT2D eigenvalue weighted by Crippen LogP contribution is -2.52. The van der Waals surface area contributed by atoms with Crippen molar-refractivity contribution in [2.75, 3.05) is 13.2 Å². The van der Waals surface area contributed by atoms with E-state index in [0.29, 0.717) is 40.6 Å². The molecule has 3 aromatic carbocycles. The summed E-state index contributed by atoms with van der Waals surface area (Å²) in [4.78, 5) is 21.6. The largest absolute Gasteiger partial charge is 0.494 e. The molecule has 0 unspecified atom stereocenters. The quantitative estimate of drug-likeness (QED) is 0.0614. The smallest absolute Gasteiger partial charge is 0.266 e. The molecular weight excluding hydrogens is 532 g/mol. The van der Waals surface area contributed by atoms with E-state index >= 15 is 0 Å². The minimum Gasteiger partial charge on any atom is -0.494 e. The van der Waals surface area contributed by atoms with Crippen LogP contribution in [0.15, 0.2) is 95.6 Å². The highest BCUT2D eigenvalue weighted by Gasteiger charge is 2.53. The number of amides is 1. The van der Waals surface area contributed by atoms with Crippen molar-refractivity contribution in [3.63, 3.8) is 0 Å². The van der Waals surface area contributed by atoms with Gasteiger partial charge in [-0.3, -0.25) is 10.2 Å². The van der Waals surface area contributed by atoms with Gasteiger partial charge in [0.2, 0.25) is 5.90 Å². The van der Waals surface area contributed by atoms with Crippen LogP contribution in [0.3, 0.4) is 0 Å². The van der Waals surface area contributed by atoms with E-state index in [0.717, 1.165) is 5.56 Å². The van der Waals surface area contributed by atoms with Crippen LogP contribution >= 0.6 is 11.6 Å². The number of azide groups is 1. The first-order valence-electron chi connectivity index (χ1n) is 12.6. The highest BCUT2D eigenvalue weighted by Crippen LogP contribution is 2.45. The van der Waals surface area contributed by atoms with Crippen molar-refractivity contribution >= 4 is 29.1 Å². The first-order valence-corrected chi connectivity index (χ1v) is 13.0. The fourth-order valence-corrected chi connectivity index (χ4v) is 4.53. The molecule has 0 saturated heterocycles. The molecule has 0 aromatic heterocycles. The van der Waals surface area contributed by atoms with Gasteiger partial charge in [-0.1, -0.05) is 65.3 Å². The zero-order valence-electron chi connectivity index (χ0n) is 21.7. The van der Waals surface area contributed by atoms with Gasteiger partial charge in [0.25, 0.3) is 5.91 Å². The van der Waals surface area contributed by atoms with Crippen molar-refractivity contribution in [1.82, 2.24) is 10.9 Å². The van der Waals surface area contributed by atoms with Gasteiger partial charge >= 0.3 is 0 Å². The normalized spacial score (nSPS) is 17.8. The van der Waals surface area contributed by atoms with Gasteiger partial charge in [-0.25, -0.2) is 10.4 Å². The van der Waals surface area contributed by atoms with Crippen LogP contribution in [0.2, 0.25) is 5.02 Å². The number of ether oxygens (including phenoxy) is 2. The van der Waals surface area contributed by atoms with Crippen LogP contribution in [-0.2, 0) is 16.1 Å².